The fraction of sp³-hybridized carbons (Fsp3) is 0.167. The maximum absolute atomic E-state index is 13.3. The van der Waals surface area contributed by atoms with Gasteiger partial charge in [0.1, 0.15) is 11.5 Å². The minimum Gasteiger partial charge on any atom is -0.508 e. The predicted molar refractivity (Wildman–Crippen MR) is 121 cm³/mol. The first kappa shape index (κ1) is 23.0. The summed E-state index contributed by atoms with van der Waals surface area (Å²) >= 11 is 0. The summed E-state index contributed by atoms with van der Waals surface area (Å²) in [6.45, 7) is 6.16. The number of carbonyl (C=O) groups is 2. The summed E-state index contributed by atoms with van der Waals surface area (Å²) < 4.78 is 14.1. The quantitative estimate of drug-likeness (QED) is 0.521. The van der Waals surface area contributed by atoms with Crippen LogP contribution in [-0.4, -0.2) is 30.7 Å². The summed E-state index contributed by atoms with van der Waals surface area (Å²) in [6, 6.07) is 17.8. The molecule has 0 aliphatic rings. The van der Waals surface area contributed by atoms with Crippen molar-refractivity contribution in [2.24, 2.45) is 0 Å². The van der Waals surface area contributed by atoms with Crippen LogP contribution in [0.5, 0.6) is 11.5 Å². The van der Waals surface area contributed by atoms with Gasteiger partial charge in [0.05, 0.1) is 4.90 Å². The Hall–Kier alpha value is -3.65. The van der Waals surface area contributed by atoms with E-state index in [1.807, 2.05) is 12.1 Å². The highest BCUT2D eigenvalue weighted by Crippen LogP contribution is 2.24. The Morgan fingerprint density at radius 1 is 0.781 bits per heavy atom. The molecule has 0 spiro atoms. The van der Waals surface area contributed by atoms with Gasteiger partial charge >= 0.3 is 0 Å². The zero-order chi connectivity index (χ0) is 23.5. The van der Waals surface area contributed by atoms with Crippen molar-refractivity contribution < 1.29 is 24.0 Å². The van der Waals surface area contributed by atoms with E-state index in [1.54, 1.807) is 12.1 Å². The molecule has 0 bridgehead atoms. The van der Waals surface area contributed by atoms with E-state index in [4.69, 9.17) is 0 Å². The number of benzene rings is 3. The number of amides is 2. The summed E-state index contributed by atoms with van der Waals surface area (Å²) in [5.41, 5.74) is 3.64. The molecule has 3 aromatic rings. The Balaban J connectivity index is 1.94. The Kier molecular flexibility index (Phi) is 6.64. The second kappa shape index (κ2) is 9.23. The van der Waals surface area contributed by atoms with Gasteiger partial charge in [-0.2, -0.15) is 4.41 Å². The van der Waals surface area contributed by atoms with Gasteiger partial charge in [-0.15, -0.1) is 0 Å². The van der Waals surface area contributed by atoms with Gasteiger partial charge < -0.3 is 10.2 Å². The summed E-state index contributed by atoms with van der Waals surface area (Å²) in [6.07, 6.45) is 0. The normalized spacial score (nSPS) is 12.1. The summed E-state index contributed by atoms with van der Waals surface area (Å²) in [7, 11) is -2.05. The molecule has 7 nitrogen and oxygen atoms in total. The van der Waals surface area contributed by atoms with Gasteiger partial charge in [0.25, 0.3) is 11.8 Å². The van der Waals surface area contributed by atoms with Crippen LogP contribution in [0.15, 0.2) is 77.7 Å². The molecular weight excluding hydrogens is 428 g/mol. The molecule has 3 rings (SSSR count). The number of nitrogens with one attached hydrogen (secondary N) is 1. The average molecular weight is 453 g/mol. The largest absolute Gasteiger partial charge is 0.508 e. The molecule has 0 aliphatic carbocycles. The zero-order valence-electron chi connectivity index (χ0n) is 17.9. The number of phenols is 2. The maximum atomic E-state index is 13.3. The number of aromatic hydroxyl groups is 2. The van der Waals surface area contributed by atoms with Crippen molar-refractivity contribution in [3.63, 3.8) is 0 Å². The number of hydrazine groups is 1. The van der Waals surface area contributed by atoms with Gasteiger partial charge in [-0.3, -0.25) is 9.59 Å². The molecule has 0 aromatic heterocycles. The van der Waals surface area contributed by atoms with Gasteiger partial charge in [0.15, 0.2) is 11.0 Å². The molecule has 2 amide bonds. The van der Waals surface area contributed by atoms with Crippen LogP contribution in [0.1, 0.15) is 47.1 Å². The highest BCUT2D eigenvalue weighted by molar-refractivity contribution is 7.83. The monoisotopic (exact) mass is 452 g/mol. The lowest BCUT2D eigenvalue weighted by Gasteiger charge is -2.23. The van der Waals surface area contributed by atoms with Crippen LogP contribution >= 0.6 is 0 Å². The Bertz CT molecular complexity index is 1140. The van der Waals surface area contributed by atoms with Crippen LogP contribution in [0.3, 0.4) is 0 Å². The molecule has 8 heteroatoms. The van der Waals surface area contributed by atoms with E-state index >= 15 is 0 Å². The number of carbonyl (C=O) groups excluding carboxylic acids is 2. The van der Waals surface area contributed by atoms with Gasteiger partial charge in [-0.25, -0.2) is 9.63 Å². The van der Waals surface area contributed by atoms with E-state index in [2.05, 4.69) is 26.2 Å². The van der Waals surface area contributed by atoms with Crippen molar-refractivity contribution in [1.29, 1.82) is 0 Å². The first-order chi connectivity index (χ1) is 15.1. The third-order valence-corrected chi connectivity index (χ3v) is 5.98. The number of phenolic OH excluding ortho intramolecular Hbond substituents is 2. The third-order valence-electron chi connectivity index (χ3n) is 4.72. The van der Waals surface area contributed by atoms with Crippen molar-refractivity contribution in [2.75, 3.05) is 0 Å². The molecule has 32 heavy (non-hydrogen) atoms. The van der Waals surface area contributed by atoms with Crippen LogP contribution in [0.25, 0.3) is 0 Å². The third kappa shape index (κ3) is 5.33. The minimum absolute atomic E-state index is 0.0129. The second-order valence-electron chi connectivity index (χ2n) is 8.16. The highest BCUT2D eigenvalue weighted by Gasteiger charge is 2.26. The molecule has 0 radical (unpaired) electrons. The summed E-state index contributed by atoms with van der Waals surface area (Å²) in [4.78, 5) is 26.2. The molecule has 0 saturated heterocycles. The summed E-state index contributed by atoms with van der Waals surface area (Å²) in [5.74, 6) is -1.42. The van der Waals surface area contributed by atoms with Gasteiger partial charge in [-0.1, -0.05) is 32.9 Å². The molecule has 0 saturated carbocycles. The zero-order valence-corrected chi connectivity index (χ0v) is 18.7. The number of hydrogen-bond donors (Lipinski definition) is 3. The van der Waals surface area contributed by atoms with E-state index < -0.39 is 22.8 Å². The molecule has 3 aromatic carbocycles. The number of nitrogens with zero attached hydrogens (tertiary/aromatic N) is 1. The van der Waals surface area contributed by atoms with Crippen LogP contribution < -0.4 is 5.43 Å². The molecule has 0 fully saturated rings. The van der Waals surface area contributed by atoms with Crippen LogP contribution in [0.4, 0.5) is 0 Å². The summed E-state index contributed by atoms with van der Waals surface area (Å²) in [5, 5.41) is 18.9. The molecule has 166 valence electrons. The molecule has 0 aliphatic heterocycles. The van der Waals surface area contributed by atoms with E-state index in [0.29, 0.717) is 4.90 Å². The highest BCUT2D eigenvalue weighted by atomic mass is 32.2. The Morgan fingerprint density at radius 2 is 1.25 bits per heavy atom. The van der Waals surface area contributed by atoms with Crippen molar-refractivity contribution in [3.05, 3.63) is 89.5 Å². The second-order valence-corrected chi connectivity index (χ2v) is 9.49. The topological polar surface area (TPSA) is 107 Å². The van der Waals surface area contributed by atoms with Gasteiger partial charge in [-0.05, 0) is 71.6 Å². The van der Waals surface area contributed by atoms with Crippen molar-refractivity contribution >= 4 is 22.8 Å². The van der Waals surface area contributed by atoms with Crippen LogP contribution in [-0.2, 0) is 16.4 Å². The van der Waals surface area contributed by atoms with Crippen molar-refractivity contribution in [2.45, 2.75) is 31.1 Å². The number of rotatable bonds is 4. The standard InChI is InChI=1S/C24H24N2O5S/c1-24(2,3)18-8-14-21(15-9-18)32(31)26(23(30)17-6-12-20(28)13-7-17)25-22(29)16-4-10-19(27)11-5-16/h4-15,27-28H,1-3H3,(H,25,29). The Morgan fingerprint density at radius 3 is 1.72 bits per heavy atom. The van der Waals surface area contributed by atoms with Gasteiger partial charge in [0, 0.05) is 11.1 Å². The minimum atomic E-state index is -2.05. The predicted octanol–water partition coefficient (Wildman–Crippen LogP) is 3.91. The number of hydrogen-bond acceptors (Lipinski definition) is 5. The SMILES string of the molecule is CC(C)(C)c1ccc(S(=O)N(NC(=O)c2ccc(O)cc2)C(=O)c2ccc(O)cc2)cc1. The maximum Gasteiger partial charge on any atom is 0.285 e. The molecule has 0 heterocycles. The van der Waals surface area contributed by atoms with E-state index in [1.165, 1.54) is 48.5 Å². The lowest BCUT2D eigenvalue weighted by molar-refractivity contribution is 0.0732. The van der Waals surface area contributed by atoms with Gasteiger partial charge in [0.2, 0.25) is 0 Å². The van der Waals surface area contributed by atoms with E-state index in [0.717, 1.165) is 9.98 Å². The van der Waals surface area contributed by atoms with Crippen molar-refractivity contribution in [3.8, 4) is 11.5 Å². The fourth-order valence-electron chi connectivity index (χ4n) is 2.84. The Labute approximate surface area is 188 Å². The molecule has 3 N–H and O–H groups in total. The van der Waals surface area contributed by atoms with E-state index in [-0.39, 0.29) is 28.0 Å². The van der Waals surface area contributed by atoms with Crippen LogP contribution in [0, 0.1) is 0 Å². The van der Waals surface area contributed by atoms with E-state index in [9.17, 15) is 24.0 Å². The van der Waals surface area contributed by atoms with Crippen LogP contribution in [0.2, 0.25) is 0 Å². The lowest BCUT2D eigenvalue weighted by Crippen LogP contribution is -2.47. The molecule has 1 unspecified atom stereocenters. The molecular formula is C24H24N2O5S. The average Bonchev–Trinajstić information content (AvgIpc) is 2.77. The fourth-order valence-corrected chi connectivity index (χ4v) is 3.84. The van der Waals surface area contributed by atoms with Crippen molar-refractivity contribution in [1.82, 2.24) is 9.84 Å². The lowest BCUT2D eigenvalue weighted by atomic mass is 9.87. The first-order valence-electron chi connectivity index (χ1n) is 9.82. The smallest absolute Gasteiger partial charge is 0.285 e. The molecule has 1 atom stereocenters. The first-order valence-corrected chi connectivity index (χ1v) is 10.9.